The molecular weight excluding hydrogens is 306 g/mol. The summed E-state index contributed by atoms with van der Waals surface area (Å²) in [5, 5.41) is 0. The van der Waals surface area contributed by atoms with Crippen LogP contribution in [0.5, 0.6) is 17.2 Å². The summed E-state index contributed by atoms with van der Waals surface area (Å²) in [6.07, 6.45) is 0. The maximum Gasteiger partial charge on any atom is 0.257 e. The highest BCUT2D eigenvalue weighted by atomic mass is 16.5. The Morgan fingerprint density at radius 2 is 1.79 bits per heavy atom. The third kappa shape index (κ3) is 4.19. The number of ether oxygens (including phenoxy) is 3. The van der Waals surface area contributed by atoms with Crippen LogP contribution in [0.1, 0.15) is 15.9 Å². The van der Waals surface area contributed by atoms with Crippen LogP contribution in [0, 0.1) is 6.92 Å². The summed E-state index contributed by atoms with van der Waals surface area (Å²) in [7, 11) is 4.85. The first kappa shape index (κ1) is 17.7. The first-order chi connectivity index (χ1) is 11.6. The van der Waals surface area contributed by atoms with Gasteiger partial charge < -0.3 is 19.1 Å². The van der Waals surface area contributed by atoms with Crippen LogP contribution in [0.25, 0.3) is 0 Å². The molecule has 0 bridgehead atoms. The van der Waals surface area contributed by atoms with E-state index in [4.69, 9.17) is 14.2 Å². The molecule has 0 aromatic heterocycles. The van der Waals surface area contributed by atoms with Crippen molar-refractivity contribution < 1.29 is 19.0 Å². The standard InChI is InChI=1S/C19H23NO4/c1-14-7-5-6-8-17(14)24-12-11-20(2)19(21)16-10-9-15(22-3)13-18(16)23-4/h5-10,13H,11-12H2,1-4H3. The van der Waals surface area contributed by atoms with Gasteiger partial charge in [0.2, 0.25) is 0 Å². The van der Waals surface area contributed by atoms with Gasteiger partial charge in [-0.25, -0.2) is 0 Å². The molecule has 5 nitrogen and oxygen atoms in total. The Labute approximate surface area is 142 Å². The summed E-state index contributed by atoms with van der Waals surface area (Å²) in [4.78, 5) is 14.2. The topological polar surface area (TPSA) is 48.0 Å². The van der Waals surface area contributed by atoms with Gasteiger partial charge in [0, 0.05) is 13.1 Å². The van der Waals surface area contributed by atoms with Crippen molar-refractivity contribution in [2.45, 2.75) is 6.92 Å². The molecule has 0 fully saturated rings. The third-order valence-corrected chi connectivity index (χ3v) is 3.76. The first-order valence-corrected chi connectivity index (χ1v) is 7.72. The number of nitrogens with zero attached hydrogens (tertiary/aromatic N) is 1. The Bertz CT molecular complexity index is 700. The minimum Gasteiger partial charge on any atom is -0.497 e. The van der Waals surface area contributed by atoms with Gasteiger partial charge in [0.15, 0.2) is 0 Å². The van der Waals surface area contributed by atoms with Crippen molar-refractivity contribution in [1.82, 2.24) is 4.90 Å². The summed E-state index contributed by atoms with van der Waals surface area (Å²) in [5.74, 6) is 1.85. The van der Waals surface area contributed by atoms with E-state index in [0.29, 0.717) is 30.2 Å². The van der Waals surface area contributed by atoms with Gasteiger partial charge in [0.05, 0.1) is 26.3 Å². The van der Waals surface area contributed by atoms with Crippen LogP contribution in [0.15, 0.2) is 42.5 Å². The molecule has 0 radical (unpaired) electrons. The lowest BCUT2D eigenvalue weighted by molar-refractivity contribution is 0.0770. The largest absolute Gasteiger partial charge is 0.497 e. The van der Waals surface area contributed by atoms with Crippen LogP contribution in [-0.4, -0.2) is 45.2 Å². The predicted octanol–water partition coefficient (Wildman–Crippen LogP) is 3.16. The molecule has 0 N–H and O–H groups in total. The van der Waals surface area contributed by atoms with Crippen LogP contribution < -0.4 is 14.2 Å². The Hall–Kier alpha value is -2.69. The number of carbonyl (C=O) groups excluding carboxylic acids is 1. The molecule has 0 aliphatic carbocycles. The van der Waals surface area contributed by atoms with E-state index in [1.807, 2.05) is 31.2 Å². The van der Waals surface area contributed by atoms with E-state index in [-0.39, 0.29) is 5.91 Å². The van der Waals surface area contributed by atoms with E-state index in [0.717, 1.165) is 11.3 Å². The summed E-state index contributed by atoms with van der Waals surface area (Å²) in [5.41, 5.74) is 1.57. The molecule has 128 valence electrons. The van der Waals surface area contributed by atoms with Gasteiger partial charge in [-0.2, -0.15) is 0 Å². The third-order valence-electron chi connectivity index (χ3n) is 3.76. The number of para-hydroxylation sites is 1. The van der Waals surface area contributed by atoms with Crippen molar-refractivity contribution in [2.24, 2.45) is 0 Å². The maximum absolute atomic E-state index is 12.6. The zero-order chi connectivity index (χ0) is 17.5. The molecule has 0 spiro atoms. The van der Waals surface area contributed by atoms with E-state index < -0.39 is 0 Å². The van der Waals surface area contributed by atoms with Crippen molar-refractivity contribution in [3.05, 3.63) is 53.6 Å². The fourth-order valence-corrected chi connectivity index (χ4v) is 2.29. The highest BCUT2D eigenvalue weighted by Gasteiger charge is 2.17. The lowest BCUT2D eigenvalue weighted by atomic mass is 10.1. The second-order valence-corrected chi connectivity index (χ2v) is 5.41. The number of amides is 1. The molecule has 0 saturated carbocycles. The van der Waals surface area contributed by atoms with E-state index in [1.165, 1.54) is 7.11 Å². The Balaban J connectivity index is 1.98. The molecule has 0 atom stereocenters. The molecule has 0 aliphatic rings. The second kappa shape index (κ2) is 8.24. The summed E-state index contributed by atoms with van der Waals surface area (Å²) < 4.78 is 16.2. The van der Waals surface area contributed by atoms with Gasteiger partial charge in [-0.05, 0) is 30.7 Å². The van der Waals surface area contributed by atoms with Gasteiger partial charge in [-0.3, -0.25) is 4.79 Å². The molecule has 24 heavy (non-hydrogen) atoms. The zero-order valence-electron chi connectivity index (χ0n) is 14.5. The number of hydrogen-bond donors (Lipinski definition) is 0. The molecule has 0 saturated heterocycles. The van der Waals surface area contributed by atoms with Gasteiger partial charge in [-0.1, -0.05) is 18.2 Å². The summed E-state index contributed by atoms with van der Waals surface area (Å²) >= 11 is 0. The molecule has 0 heterocycles. The Morgan fingerprint density at radius 3 is 2.46 bits per heavy atom. The van der Waals surface area contributed by atoms with Crippen molar-refractivity contribution in [3.63, 3.8) is 0 Å². The number of carbonyl (C=O) groups is 1. The zero-order valence-corrected chi connectivity index (χ0v) is 14.5. The minimum atomic E-state index is -0.122. The number of likely N-dealkylation sites (N-methyl/N-ethyl adjacent to an activating group) is 1. The van der Waals surface area contributed by atoms with E-state index in [9.17, 15) is 4.79 Å². The lowest BCUT2D eigenvalue weighted by Crippen LogP contribution is -2.31. The van der Waals surface area contributed by atoms with Crippen LogP contribution in [0.4, 0.5) is 0 Å². The normalized spacial score (nSPS) is 10.2. The lowest BCUT2D eigenvalue weighted by Gasteiger charge is -2.19. The van der Waals surface area contributed by atoms with Gasteiger partial charge >= 0.3 is 0 Å². The highest BCUT2D eigenvalue weighted by molar-refractivity contribution is 5.97. The highest BCUT2D eigenvalue weighted by Crippen LogP contribution is 2.25. The average molecular weight is 329 g/mol. The van der Waals surface area contributed by atoms with Crippen molar-refractivity contribution >= 4 is 5.91 Å². The molecule has 1 amide bonds. The Kier molecular flexibility index (Phi) is 6.07. The number of benzene rings is 2. The number of rotatable bonds is 7. The van der Waals surface area contributed by atoms with E-state index in [2.05, 4.69) is 0 Å². The van der Waals surface area contributed by atoms with Crippen LogP contribution in [-0.2, 0) is 0 Å². The molecule has 5 heteroatoms. The SMILES string of the molecule is COc1ccc(C(=O)N(C)CCOc2ccccc2C)c(OC)c1. The minimum absolute atomic E-state index is 0.122. The number of aryl methyl sites for hydroxylation is 1. The number of hydrogen-bond acceptors (Lipinski definition) is 4. The molecule has 0 unspecified atom stereocenters. The molecule has 2 aromatic rings. The van der Waals surface area contributed by atoms with E-state index >= 15 is 0 Å². The Morgan fingerprint density at radius 1 is 1.04 bits per heavy atom. The van der Waals surface area contributed by atoms with Crippen LogP contribution in [0.2, 0.25) is 0 Å². The van der Waals surface area contributed by atoms with Crippen molar-refractivity contribution in [3.8, 4) is 17.2 Å². The molecular formula is C19H23NO4. The molecule has 0 aliphatic heterocycles. The molecule has 2 aromatic carbocycles. The van der Waals surface area contributed by atoms with Crippen LogP contribution >= 0.6 is 0 Å². The summed E-state index contributed by atoms with van der Waals surface area (Å²) in [6.45, 7) is 2.89. The quantitative estimate of drug-likeness (QED) is 0.783. The van der Waals surface area contributed by atoms with Gasteiger partial charge in [0.1, 0.15) is 23.9 Å². The van der Waals surface area contributed by atoms with Gasteiger partial charge in [-0.15, -0.1) is 0 Å². The van der Waals surface area contributed by atoms with Crippen molar-refractivity contribution in [2.75, 3.05) is 34.4 Å². The monoisotopic (exact) mass is 329 g/mol. The van der Waals surface area contributed by atoms with E-state index in [1.54, 1.807) is 37.3 Å². The first-order valence-electron chi connectivity index (χ1n) is 7.72. The fraction of sp³-hybridized carbons (Fsp3) is 0.316. The van der Waals surface area contributed by atoms with Gasteiger partial charge in [0.25, 0.3) is 5.91 Å². The average Bonchev–Trinajstić information content (AvgIpc) is 2.62. The fourth-order valence-electron chi connectivity index (χ4n) is 2.29. The maximum atomic E-state index is 12.6. The van der Waals surface area contributed by atoms with Crippen molar-refractivity contribution in [1.29, 1.82) is 0 Å². The predicted molar refractivity (Wildman–Crippen MR) is 93.2 cm³/mol. The second-order valence-electron chi connectivity index (χ2n) is 5.41. The molecule has 2 rings (SSSR count). The van der Waals surface area contributed by atoms with Crippen LogP contribution in [0.3, 0.4) is 0 Å². The number of methoxy groups -OCH3 is 2. The smallest absolute Gasteiger partial charge is 0.257 e. The summed E-state index contributed by atoms with van der Waals surface area (Å²) in [6, 6.07) is 13.0.